The molecule has 130 valence electrons. The lowest BCUT2D eigenvalue weighted by atomic mass is 10.1. The third-order valence-corrected chi connectivity index (χ3v) is 7.38. The Morgan fingerprint density at radius 3 is 1.78 bits per heavy atom. The summed E-state index contributed by atoms with van der Waals surface area (Å²) in [6.07, 6.45) is 2.22. The first-order valence-corrected chi connectivity index (χ1v) is 11.2. The van der Waals surface area contributed by atoms with Crippen molar-refractivity contribution in [2.75, 3.05) is 0 Å². The van der Waals surface area contributed by atoms with Gasteiger partial charge in [0, 0.05) is 9.14 Å². The van der Waals surface area contributed by atoms with Crippen molar-refractivity contribution in [3.63, 3.8) is 0 Å². The van der Waals surface area contributed by atoms with E-state index in [0.717, 1.165) is 26.6 Å². The van der Waals surface area contributed by atoms with Crippen LogP contribution in [0.25, 0.3) is 32.1 Å². The first-order valence-electron chi connectivity index (χ1n) is 8.46. The highest BCUT2D eigenvalue weighted by molar-refractivity contribution is 14.1. The molecule has 0 N–H and O–H groups in total. The maximum absolute atomic E-state index is 4.90. The van der Waals surface area contributed by atoms with Crippen molar-refractivity contribution in [1.29, 1.82) is 0 Å². The third-order valence-electron chi connectivity index (χ3n) is 4.25. The lowest BCUT2D eigenvalue weighted by Gasteiger charge is -2.03. The second-order valence-corrected chi connectivity index (χ2v) is 9.28. The monoisotopic (exact) mass is 496 g/mol. The number of fused-ring (bicyclic) bond motifs is 2. The average Bonchev–Trinajstić information content (AvgIpc) is 3.31. The van der Waals surface area contributed by atoms with Gasteiger partial charge in [-0.2, -0.15) is 0 Å². The van der Waals surface area contributed by atoms with E-state index in [9.17, 15) is 0 Å². The highest BCUT2D eigenvalue weighted by Gasteiger charge is 2.16. The Labute approximate surface area is 178 Å². The molecule has 0 aliphatic carbocycles. The number of hydrogen-bond acceptors (Lipinski definition) is 4. The molecule has 2 nitrogen and oxygen atoms in total. The minimum Gasteiger partial charge on any atom is -0.236 e. The lowest BCUT2D eigenvalue weighted by molar-refractivity contribution is 1.39. The van der Waals surface area contributed by atoms with Crippen LogP contribution < -0.4 is 0 Å². The summed E-state index contributed by atoms with van der Waals surface area (Å²) in [5.41, 5.74) is 4.34. The number of thiazole rings is 2. The Kier molecular flexibility index (Phi) is 4.51. The van der Waals surface area contributed by atoms with Crippen molar-refractivity contribution < 1.29 is 0 Å². The van der Waals surface area contributed by atoms with Crippen molar-refractivity contribution in [2.24, 2.45) is 0 Å². The SMILES string of the molecule is Ic1ccccc1C=C(c1nc2ccccc2s1)c1nc2ccccc2s1. The number of para-hydroxylation sites is 2. The fourth-order valence-electron chi connectivity index (χ4n) is 2.94. The van der Waals surface area contributed by atoms with Gasteiger partial charge in [0.05, 0.1) is 20.4 Å². The van der Waals surface area contributed by atoms with E-state index in [-0.39, 0.29) is 0 Å². The molecule has 0 saturated heterocycles. The van der Waals surface area contributed by atoms with Crippen LogP contribution in [0.4, 0.5) is 0 Å². The summed E-state index contributed by atoms with van der Waals surface area (Å²) in [5.74, 6) is 0. The molecule has 0 bridgehead atoms. The number of hydrogen-bond donors (Lipinski definition) is 0. The standard InChI is InChI=1S/C22H13IN2S2/c23-16-8-2-1-7-14(16)13-15(21-24-17-9-3-5-11-19(17)26-21)22-25-18-10-4-6-12-20(18)27-22/h1-13H. The van der Waals surface area contributed by atoms with Crippen LogP contribution in [0.2, 0.25) is 0 Å². The lowest BCUT2D eigenvalue weighted by Crippen LogP contribution is -1.88. The van der Waals surface area contributed by atoms with E-state index in [1.165, 1.54) is 18.5 Å². The minimum absolute atomic E-state index is 1.01. The van der Waals surface area contributed by atoms with Crippen LogP contribution in [0.1, 0.15) is 15.6 Å². The van der Waals surface area contributed by atoms with Gasteiger partial charge in [-0.05, 0) is 64.6 Å². The smallest absolute Gasteiger partial charge is 0.127 e. The fraction of sp³-hybridized carbons (Fsp3) is 0. The number of nitrogens with zero attached hydrogens (tertiary/aromatic N) is 2. The van der Waals surface area contributed by atoms with Gasteiger partial charge < -0.3 is 0 Å². The molecular formula is C22H13IN2S2. The average molecular weight is 496 g/mol. The van der Waals surface area contributed by atoms with E-state index in [1.807, 2.05) is 12.1 Å². The largest absolute Gasteiger partial charge is 0.236 e. The van der Waals surface area contributed by atoms with Gasteiger partial charge in [0.2, 0.25) is 0 Å². The minimum atomic E-state index is 1.01. The van der Waals surface area contributed by atoms with Crippen LogP contribution in [-0.4, -0.2) is 9.97 Å². The molecule has 27 heavy (non-hydrogen) atoms. The van der Waals surface area contributed by atoms with Crippen molar-refractivity contribution in [3.8, 4) is 0 Å². The molecule has 0 unspecified atom stereocenters. The van der Waals surface area contributed by atoms with Gasteiger partial charge in [0.25, 0.3) is 0 Å². The van der Waals surface area contributed by atoms with Crippen LogP contribution in [-0.2, 0) is 0 Å². The Morgan fingerprint density at radius 1 is 0.704 bits per heavy atom. The Hall–Kier alpha value is -2.09. The van der Waals surface area contributed by atoms with Gasteiger partial charge in [0.1, 0.15) is 10.0 Å². The molecule has 5 rings (SSSR count). The third kappa shape index (κ3) is 3.31. The first kappa shape index (κ1) is 17.0. The zero-order chi connectivity index (χ0) is 18.2. The number of benzene rings is 3. The van der Waals surface area contributed by atoms with Crippen molar-refractivity contribution >= 4 is 77.3 Å². The summed E-state index contributed by atoms with van der Waals surface area (Å²) < 4.78 is 3.61. The molecule has 3 aromatic carbocycles. The molecule has 2 heterocycles. The topological polar surface area (TPSA) is 25.8 Å². The molecule has 0 atom stereocenters. The number of halogens is 1. The number of aromatic nitrogens is 2. The zero-order valence-corrected chi connectivity index (χ0v) is 17.9. The van der Waals surface area contributed by atoms with E-state index in [4.69, 9.17) is 9.97 Å². The first-order chi connectivity index (χ1) is 13.3. The summed E-state index contributed by atoms with van der Waals surface area (Å²) in [6.45, 7) is 0. The molecule has 0 saturated carbocycles. The van der Waals surface area contributed by atoms with Crippen LogP contribution >= 0.6 is 45.3 Å². The van der Waals surface area contributed by atoms with Crippen LogP contribution in [0, 0.1) is 3.57 Å². The molecule has 0 aliphatic heterocycles. The summed E-state index contributed by atoms with van der Waals surface area (Å²) in [6, 6.07) is 25.0. The molecule has 2 aromatic heterocycles. The molecule has 0 aliphatic rings. The predicted octanol–water partition coefficient (Wildman–Crippen LogP) is 7.10. The van der Waals surface area contributed by atoms with Gasteiger partial charge >= 0.3 is 0 Å². The Bertz CT molecular complexity index is 1160. The summed E-state index contributed by atoms with van der Waals surface area (Å²) >= 11 is 5.82. The van der Waals surface area contributed by atoms with E-state index in [1.54, 1.807) is 22.7 Å². The second-order valence-electron chi connectivity index (χ2n) is 6.05. The van der Waals surface area contributed by atoms with Gasteiger partial charge in [-0.15, -0.1) is 22.7 Å². The van der Waals surface area contributed by atoms with Gasteiger partial charge in [-0.25, -0.2) is 9.97 Å². The Balaban J connectivity index is 1.75. The summed E-state index contributed by atoms with van der Waals surface area (Å²) in [4.78, 5) is 9.80. The molecule has 0 spiro atoms. The maximum Gasteiger partial charge on any atom is 0.127 e. The fourth-order valence-corrected chi connectivity index (χ4v) is 5.51. The summed E-state index contributed by atoms with van der Waals surface area (Å²) in [5, 5.41) is 2.02. The van der Waals surface area contributed by atoms with Crippen molar-refractivity contribution in [1.82, 2.24) is 9.97 Å². The summed E-state index contributed by atoms with van der Waals surface area (Å²) in [7, 11) is 0. The number of rotatable bonds is 3. The van der Waals surface area contributed by atoms with Crippen molar-refractivity contribution in [2.45, 2.75) is 0 Å². The Morgan fingerprint density at radius 2 is 1.22 bits per heavy atom. The highest BCUT2D eigenvalue weighted by Crippen LogP contribution is 2.36. The van der Waals surface area contributed by atoms with Gasteiger partial charge in [0.15, 0.2) is 0 Å². The van der Waals surface area contributed by atoms with Crippen molar-refractivity contribution in [3.05, 3.63) is 91.9 Å². The van der Waals surface area contributed by atoms with E-state index >= 15 is 0 Å². The van der Waals surface area contributed by atoms with E-state index in [0.29, 0.717) is 0 Å². The molecule has 0 fully saturated rings. The van der Waals surface area contributed by atoms with Crippen LogP contribution in [0.15, 0.2) is 72.8 Å². The van der Waals surface area contributed by atoms with Crippen LogP contribution in [0.5, 0.6) is 0 Å². The highest BCUT2D eigenvalue weighted by atomic mass is 127. The van der Waals surface area contributed by atoms with E-state index in [2.05, 4.69) is 89.3 Å². The molecule has 5 aromatic rings. The zero-order valence-electron chi connectivity index (χ0n) is 14.1. The van der Waals surface area contributed by atoms with Gasteiger partial charge in [-0.3, -0.25) is 0 Å². The maximum atomic E-state index is 4.90. The normalized spacial score (nSPS) is 11.1. The second kappa shape index (κ2) is 7.14. The van der Waals surface area contributed by atoms with Gasteiger partial charge in [-0.1, -0.05) is 42.5 Å². The molecule has 0 amide bonds. The molecule has 0 radical (unpaired) electrons. The molecule has 5 heteroatoms. The van der Waals surface area contributed by atoms with E-state index < -0.39 is 0 Å². The quantitative estimate of drug-likeness (QED) is 0.249. The predicted molar refractivity (Wildman–Crippen MR) is 125 cm³/mol. The van der Waals surface area contributed by atoms with Crippen LogP contribution in [0.3, 0.4) is 0 Å². The molecular weight excluding hydrogens is 483 g/mol.